The maximum Gasteiger partial charge on any atom is 0.573 e. The van der Waals surface area contributed by atoms with E-state index in [1.165, 1.54) is 43.5 Å². The van der Waals surface area contributed by atoms with Crippen molar-refractivity contribution in [1.29, 1.82) is 0 Å². The van der Waals surface area contributed by atoms with Gasteiger partial charge >= 0.3 is 12.3 Å². The Morgan fingerprint density at radius 3 is 2.31 bits per heavy atom. The van der Waals surface area contributed by atoms with Gasteiger partial charge in [0, 0.05) is 0 Å². The zero-order chi connectivity index (χ0) is 19.2. The van der Waals surface area contributed by atoms with Crippen LogP contribution >= 0.6 is 0 Å². The largest absolute Gasteiger partial charge is 0.573 e. The van der Waals surface area contributed by atoms with E-state index in [1.54, 1.807) is 13.0 Å². The average Bonchev–Trinajstić information content (AvgIpc) is 2.60. The summed E-state index contributed by atoms with van der Waals surface area (Å²) >= 11 is 0. The highest BCUT2D eigenvalue weighted by molar-refractivity contribution is 5.90. The molecule has 0 N–H and O–H groups in total. The molecule has 2 rings (SSSR count). The lowest BCUT2D eigenvalue weighted by atomic mass is 10.2. The molecule has 0 fully saturated rings. The van der Waals surface area contributed by atoms with Gasteiger partial charge < -0.3 is 18.9 Å². The Labute approximate surface area is 148 Å². The zero-order valence-corrected chi connectivity index (χ0v) is 14.1. The number of hydrogen-bond acceptors (Lipinski definition) is 5. The number of carbonyl (C=O) groups excluding carboxylic acids is 1. The highest BCUT2D eigenvalue weighted by Crippen LogP contribution is 2.29. The van der Waals surface area contributed by atoms with E-state index in [0.29, 0.717) is 22.6 Å². The number of rotatable bonds is 7. The van der Waals surface area contributed by atoms with E-state index >= 15 is 0 Å². The predicted molar refractivity (Wildman–Crippen MR) is 86.4 cm³/mol. The van der Waals surface area contributed by atoms with Gasteiger partial charge in [-0.25, -0.2) is 4.79 Å². The van der Waals surface area contributed by atoms with E-state index in [1.807, 2.05) is 0 Å². The van der Waals surface area contributed by atoms with Crippen LogP contribution in [0.1, 0.15) is 22.8 Å². The lowest BCUT2D eigenvalue weighted by Crippen LogP contribution is -2.17. The summed E-state index contributed by atoms with van der Waals surface area (Å²) in [5, 5.41) is 0. The third kappa shape index (κ3) is 5.58. The number of hydrogen-bond donors (Lipinski definition) is 0. The first kappa shape index (κ1) is 19.4. The second-order valence-corrected chi connectivity index (χ2v) is 5.07. The number of halogens is 3. The lowest BCUT2D eigenvalue weighted by molar-refractivity contribution is -0.274. The van der Waals surface area contributed by atoms with Crippen molar-refractivity contribution in [2.24, 2.45) is 0 Å². The van der Waals surface area contributed by atoms with Crippen LogP contribution in [0.25, 0.3) is 0 Å². The monoisotopic (exact) mass is 370 g/mol. The Kier molecular flexibility index (Phi) is 6.32. The van der Waals surface area contributed by atoms with Gasteiger partial charge in [-0.3, -0.25) is 0 Å². The van der Waals surface area contributed by atoms with Crippen LogP contribution in [-0.4, -0.2) is 26.0 Å². The number of ether oxygens (including phenoxy) is 4. The van der Waals surface area contributed by atoms with Gasteiger partial charge in [-0.05, 0) is 42.8 Å². The molecule has 0 aliphatic heterocycles. The number of esters is 1. The standard InChI is InChI=1S/C18H17F3O5/c1-3-24-17(22)13-6-9-15(16(10-13)23-2)25-11-12-4-7-14(8-5-12)26-18(19,20)21/h4-10H,3,11H2,1-2H3. The Bertz CT molecular complexity index is 741. The Morgan fingerprint density at radius 2 is 1.73 bits per heavy atom. The highest BCUT2D eigenvalue weighted by atomic mass is 19.4. The molecule has 0 unspecified atom stereocenters. The van der Waals surface area contributed by atoms with Crippen molar-refractivity contribution in [2.75, 3.05) is 13.7 Å². The lowest BCUT2D eigenvalue weighted by Gasteiger charge is -2.13. The molecular formula is C18H17F3O5. The molecule has 0 aliphatic carbocycles. The van der Waals surface area contributed by atoms with Gasteiger partial charge in [-0.2, -0.15) is 0 Å². The first-order valence-corrected chi connectivity index (χ1v) is 7.65. The Morgan fingerprint density at radius 1 is 1.04 bits per heavy atom. The molecule has 0 bridgehead atoms. The van der Waals surface area contributed by atoms with Crippen LogP contribution in [-0.2, 0) is 11.3 Å². The molecule has 0 saturated heterocycles. The highest BCUT2D eigenvalue weighted by Gasteiger charge is 2.30. The van der Waals surface area contributed by atoms with Crippen molar-refractivity contribution < 1.29 is 36.9 Å². The second kappa shape index (κ2) is 8.46. The molecule has 2 aromatic rings. The van der Waals surface area contributed by atoms with Gasteiger partial charge in [-0.15, -0.1) is 13.2 Å². The summed E-state index contributed by atoms with van der Waals surface area (Å²) in [7, 11) is 1.43. The molecule has 0 atom stereocenters. The van der Waals surface area contributed by atoms with E-state index < -0.39 is 12.3 Å². The molecule has 26 heavy (non-hydrogen) atoms. The Balaban J connectivity index is 2.03. The molecule has 0 saturated carbocycles. The summed E-state index contributed by atoms with van der Waals surface area (Å²) in [6.45, 7) is 2.06. The first-order valence-electron chi connectivity index (χ1n) is 7.65. The number of carbonyl (C=O) groups is 1. The van der Waals surface area contributed by atoms with Crippen molar-refractivity contribution >= 4 is 5.97 Å². The summed E-state index contributed by atoms with van der Waals surface area (Å²) in [6.07, 6.45) is -4.73. The van der Waals surface area contributed by atoms with Crippen molar-refractivity contribution in [1.82, 2.24) is 0 Å². The number of benzene rings is 2. The molecule has 0 spiro atoms. The minimum absolute atomic E-state index is 0.0986. The third-order valence-electron chi connectivity index (χ3n) is 3.23. The first-order chi connectivity index (χ1) is 12.3. The fourth-order valence-electron chi connectivity index (χ4n) is 2.08. The van der Waals surface area contributed by atoms with E-state index in [9.17, 15) is 18.0 Å². The van der Waals surface area contributed by atoms with Crippen LogP contribution in [0.4, 0.5) is 13.2 Å². The van der Waals surface area contributed by atoms with E-state index in [4.69, 9.17) is 14.2 Å². The minimum Gasteiger partial charge on any atom is -0.493 e. The molecule has 0 aromatic heterocycles. The fraction of sp³-hybridized carbons (Fsp3) is 0.278. The third-order valence-corrected chi connectivity index (χ3v) is 3.23. The van der Waals surface area contributed by atoms with Gasteiger partial charge in [0.1, 0.15) is 12.4 Å². The SMILES string of the molecule is CCOC(=O)c1ccc(OCc2ccc(OC(F)(F)F)cc2)c(OC)c1. The molecule has 0 amide bonds. The van der Waals surface area contributed by atoms with E-state index in [-0.39, 0.29) is 19.0 Å². The normalized spacial score (nSPS) is 11.0. The van der Waals surface area contributed by atoms with Gasteiger partial charge in [-0.1, -0.05) is 12.1 Å². The van der Waals surface area contributed by atoms with Crippen molar-refractivity contribution in [2.45, 2.75) is 19.9 Å². The minimum atomic E-state index is -4.73. The molecule has 5 nitrogen and oxygen atoms in total. The molecular weight excluding hydrogens is 353 g/mol. The molecule has 8 heteroatoms. The number of methoxy groups -OCH3 is 1. The van der Waals surface area contributed by atoms with Crippen molar-refractivity contribution in [3.63, 3.8) is 0 Å². The molecule has 0 aliphatic rings. The second-order valence-electron chi connectivity index (χ2n) is 5.07. The van der Waals surface area contributed by atoms with Gasteiger partial charge in [0.25, 0.3) is 0 Å². The molecule has 0 radical (unpaired) electrons. The van der Waals surface area contributed by atoms with Gasteiger partial charge in [0.2, 0.25) is 0 Å². The maximum atomic E-state index is 12.1. The summed E-state index contributed by atoms with van der Waals surface area (Å²) < 4.78 is 55.9. The number of alkyl halides is 3. The summed E-state index contributed by atoms with van der Waals surface area (Å²) in [4.78, 5) is 11.7. The molecule has 140 valence electrons. The Hall–Kier alpha value is -2.90. The van der Waals surface area contributed by atoms with Gasteiger partial charge in [0.15, 0.2) is 11.5 Å². The molecule has 2 aromatic carbocycles. The van der Waals surface area contributed by atoms with E-state index in [0.717, 1.165) is 0 Å². The van der Waals surface area contributed by atoms with Gasteiger partial charge in [0.05, 0.1) is 19.3 Å². The maximum absolute atomic E-state index is 12.1. The predicted octanol–water partition coefficient (Wildman–Crippen LogP) is 4.35. The van der Waals surface area contributed by atoms with Crippen LogP contribution in [0.3, 0.4) is 0 Å². The zero-order valence-electron chi connectivity index (χ0n) is 14.1. The van der Waals surface area contributed by atoms with Crippen molar-refractivity contribution in [3.8, 4) is 17.2 Å². The van der Waals surface area contributed by atoms with E-state index in [2.05, 4.69) is 4.74 Å². The topological polar surface area (TPSA) is 54.0 Å². The quantitative estimate of drug-likeness (QED) is 0.679. The fourth-order valence-corrected chi connectivity index (χ4v) is 2.08. The summed E-state index contributed by atoms with van der Waals surface area (Å²) in [6, 6.07) is 9.91. The van der Waals surface area contributed by atoms with Crippen LogP contribution in [0.5, 0.6) is 17.2 Å². The summed E-state index contributed by atoms with van der Waals surface area (Å²) in [5.41, 5.74) is 0.959. The average molecular weight is 370 g/mol. The van der Waals surface area contributed by atoms with Crippen molar-refractivity contribution in [3.05, 3.63) is 53.6 Å². The van der Waals surface area contributed by atoms with Crippen LogP contribution in [0.2, 0.25) is 0 Å². The molecule has 0 heterocycles. The smallest absolute Gasteiger partial charge is 0.493 e. The van der Waals surface area contributed by atoms with Crippen LogP contribution in [0.15, 0.2) is 42.5 Å². The van der Waals surface area contributed by atoms with Crippen LogP contribution < -0.4 is 14.2 Å². The van der Waals surface area contributed by atoms with Crippen LogP contribution in [0, 0.1) is 0 Å². The summed E-state index contributed by atoms with van der Waals surface area (Å²) in [5.74, 6) is -0.0565.